The number of carbonyl (C=O) groups excluding carboxylic acids is 2. The van der Waals surface area contributed by atoms with Crippen LogP contribution in [0.4, 0.5) is 0 Å². The molecule has 0 saturated carbocycles. The van der Waals surface area contributed by atoms with Gasteiger partial charge >= 0.3 is 0 Å². The third-order valence-electron chi connectivity index (χ3n) is 7.48. The fourth-order valence-electron chi connectivity index (χ4n) is 5.58. The number of aromatic nitrogens is 2. The van der Waals surface area contributed by atoms with Crippen LogP contribution in [-0.4, -0.2) is 58.4 Å². The molecule has 2 fully saturated rings. The Bertz CT molecular complexity index is 1340. The van der Waals surface area contributed by atoms with Gasteiger partial charge in [0, 0.05) is 37.5 Å². The average molecular weight is 499 g/mol. The molecular formula is C30H34N4O3. The molecule has 2 aromatic carbocycles. The lowest BCUT2D eigenvalue weighted by Gasteiger charge is -2.46. The Kier molecular flexibility index (Phi) is 6.87. The van der Waals surface area contributed by atoms with Crippen molar-refractivity contribution in [1.29, 1.82) is 0 Å². The van der Waals surface area contributed by atoms with Gasteiger partial charge < -0.3 is 19.1 Å². The second-order valence-electron chi connectivity index (χ2n) is 10.2. The van der Waals surface area contributed by atoms with Crippen LogP contribution in [0.25, 0.3) is 11.8 Å². The molecule has 0 unspecified atom stereocenters. The van der Waals surface area contributed by atoms with Gasteiger partial charge in [-0.2, -0.15) is 0 Å². The number of methoxy groups -OCH3 is 1. The lowest BCUT2D eigenvalue weighted by Crippen LogP contribution is -2.49. The Morgan fingerprint density at radius 2 is 1.89 bits per heavy atom. The van der Waals surface area contributed by atoms with Crippen LogP contribution in [0.15, 0.2) is 60.6 Å². The highest BCUT2D eigenvalue weighted by atomic mass is 16.5. The fraction of sp³-hybridized carbons (Fsp3) is 0.367. The van der Waals surface area contributed by atoms with E-state index in [0.717, 1.165) is 65.9 Å². The van der Waals surface area contributed by atoms with E-state index in [-0.39, 0.29) is 23.9 Å². The number of ether oxygens (including phenoxy) is 1. The molecule has 192 valence electrons. The first-order valence-corrected chi connectivity index (χ1v) is 12.9. The van der Waals surface area contributed by atoms with Crippen LogP contribution >= 0.6 is 0 Å². The van der Waals surface area contributed by atoms with Gasteiger partial charge in [0.05, 0.1) is 30.9 Å². The fourth-order valence-corrected chi connectivity index (χ4v) is 5.58. The summed E-state index contributed by atoms with van der Waals surface area (Å²) in [5.41, 5.74) is 5.37. The summed E-state index contributed by atoms with van der Waals surface area (Å²) in [5.74, 6) is 0.829. The van der Waals surface area contributed by atoms with Crippen molar-refractivity contribution in [3.8, 4) is 11.4 Å². The number of rotatable bonds is 5. The number of imidazole rings is 1. The van der Waals surface area contributed by atoms with E-state index < -0.39 is 0 Å². The molecule has 7 nitrogen and oxygen atoms in total. The minimum atomic E-state index is -0.0167. The zero-order chi connectivity index (χ0) is 26.1. The van der Waals surface area contributed by atoms with E-state index >= 15 is 0 Å². The Morgan fingerprint density at radius 1 is 1.11 bits per heavy atom. The van der Waals surface area contributed by atoms with Crippen LogP contribution in [0.5, 0.6) is 5.75 Å². The molecule has 7 heteroatoms. The molecule has 3 aromatic rings. The number of hydrogen-bond acceptors (Lipinski definition) is 4. The molecule has 2 amide bonds. The first-order valence-electron chi connectivity index (χ1n) is 12.9. The molecule has 5 rings (SSSR count). The second-order valence-corrected chi connectivity index (χ2v) is 10.2. The first kappa shape index (κ1) is 24.8. The lowest BCUT2D eigenvalue weighted by atomic mass is 9.83. The Hall–Kier alpha value is -3.87. The predicted octanol–water partition coefficient (Wildman–Crippen LogP) is 5.19. The van der Waals surface area contributed by atoms with Crippen molar-refractivity contribution in [3.05, 3.63) is 82.9 Å². The number of fused-ring (bicyclic) bond motifs is 1. The summed E-state index contributed by atoms with van der Waals surface area (Å²) in [6, 6.07) is 14.1. The highest BCUT2D eigenvalue weighted by Crippen LogP contribution is 2.41. The van der Waals surface area contributed by atoms with Gasteiger partial charge in [-0.3, -0.25) is 9.59 Å². The van der Waals surface area contributed by atoms with Crippen molar-refractivity contribution >= 4 is 17.9 Å². The van der Waals surface area contributed by atoms with E-state index in [0.29, 0.717) is 5.56 Å². The van der Waals surface area contributed by atoms with E-state index in [1.165, 1.54) is 0 Å². The van der Waals surface area contributed by atoms with Crippen molar-refractivity contribution in [3.63, 3.8) is 0 Å². The predicted molar refractivity (Wildman–Crippen MR) is 144 cm³/mol. The van der Waals surface area contributed by atoms with E-state index in [4.69, 9.17) is 4.74 Å². The number of benzene rings is 2. The maximum atomic E-state index is 13.8. The Morgan fingerprint density at radius 3 is 2.57 bits per heavy atom. The van der Waals surface area contributed by atoms with Crippen molar-refractivity contribution in [2.75, 3.05) is 21.2 Å². The topological polar surface area (TPSA) is 67.7 Å². The van der Waals surface area contributed by atoms with Crippen LogP contribution in [0.2, 0.25) is 0 Å². The summed E-state index contributed by atoms with van der Waals surface area (Å²) in [5, 5.41) is 0. The number of nitrogens with zero attached hydrogens (tertiary/aromatic N) is 4. The molecule has 0 bridgehead atoms. The normalized spacial score (nSPS) is 20.6. The number of aryl methyl sites for hydroxylation is 1. The van der Waals surface area contributed by atoms with E-state index in [1.807, 2.05) is 66.2 Å². The zero-order valence-electron chi connectivity index (χ0n) is 22.0. The molecule has 2 atom stereocenters. The van der Waals surface area contributed by atoms with Gasteiger partial charge in [0.2, 0.25) is 0 Å². The standard InChI is InChI=1S/C30H34N4O3/c1-20-18-33(19-31-20)27-15-8-21(17-28(27)37-4)16-24-13-14-25-6-5-7-26(34(25)30(24)36)22-9-11-23(12-10-22)29(35)32(2)3/h8-12,15-19,25-26H,5-7,13-14H2,1-4H3/t25-,26+/m1/s1. The lowest BCUT2D eigenvalue weighted by molar-refractivity contribution is -0.136. The van der Waals surface area contributed by atoms with Crippen LogP contribution in [0.1, 0.15) is 65.3 Å². The average Bonchev–Trinajstić information content (AvgIpc) is 3.35. The molecule has 0 N–H and O–H groups in total. The molecule has 37 heavy (non-hydrogen) atoms. The number of hydrogen-bond donors (Lipinski definition) is 0. The summed E-state index contributed by atoms with van der Waals surface area (Å²) < 4.78 is 7.61. The molecule has 0 aliphatic carbocycles. The smallest absolute Gasteiger partial charge is 0.253 e. The minimum absolute atomic E-state index is 0.0167. The maximum Gasteiger partial charge on any atom is 0.253 e. The number of carbonyl (C=O) groups is 2. The summed E-state index contributed by atoms with van der Waals surface area (Å²) in [4.78, 5) is 34.1. The van der Waals surface area contributed by atoms with Crippen molar-refractivity contribution < 1.29 is 14.3 Å². The largest absolute Gasteiger partial charge is 0.495 e. The van der Waals surface area contributed by atoms with Crippen molar-refractivity contribution in [2.24, 2.45) is 0 Å². The molecule has 2 aliphatic rings. The van der Waals surface area contributed by atoms with Gasteiger partial charge in [-0.05, 0) is 80.5 Å². The molecule has 2 saturated heterocycles. The summed E-state index contributed by atoms with van der Waals surface area (Å²) in [6.45, 7) is 1.95. The van der Waals surface area contributed by atoms with Gasteiger partial charge in [0.1, 0.15) is 5.75 Å². The third-order valence-corrected chi connectivity index (χ3v) is 7.48. The summed E-state index contributed by atoms with van der Waals surface area (Å²) in [6.07, 6.45) is 10.6. The Labute approximate surface area is 218 Å². The summed E-state index contributed by atoms with van der Waals surface area (Å²) in [7, 11) is 5.17. The van der Waals surface area contributed by atoms with E-state index in [1.54, 1.807) is 32.4 Å². The molecule has 2 aliphatic heterocycles. The third kappa shape index (κ3) is 4.90. The van der Waals surface area contributed by atoms with E-state index in [9.17, 15) is 9.59 Å². The quantitative estimate of drug-likeness (QED) is 0.454. The van der Waals surface area contributed by atoms with Gasteiger partial charge in [0.25, 0.3) is 11.8 Å². The van der Waals surface area contributed by atoms with Gasteiger partial charge in [-0.15, -0.1) is 0 Å². The maximum absolute atomic E-state index is 13.8. The van der Waals surface area contributed by atoms with Gasteiger partial charge in [-0.25, -0.2) is 4.98 Å². The van der Waals surface area contributed by atoms with E-state index in [2.05, 4.69) is 9.88 Å². The van der Waals surface area contributed by atoms with Crippen LogP contribution in [-0.2, 0) is 4.79 Å². The van der Waals surface area contributed by atoms with Crippen LogP contribution in [0, 0.1) is 6.92 Å². The molecule has 1 aromatic heterocycles. The van der Waals surface area contributed by atoms with Gasteiger partial charge in [0.15, 0.2) is 0 Å². The molecule has 0 radical (unpaired) electrons. The van der Waals surface area contributed by atoms with Gasteiger partial charge in [-0.1, -0.05) is 18.2 Å². The SMILES string of the molecule is COc1cc(C=C2CC[C@H]3CCC[C@@H](c4ccc(C(=O)N(C)C)cc4)N3C2=O)ccc1-n1cnc(C)c1. The highest BCUT2D eigenvalue weighted by molar-refractivity contribution is 5.99. The zero-order valence-corrected chi connectivity index (χ0v) is 22.0. The summed E-state index contributed by atoms with van der Waals surface area (Å²) >= 11 is 0. The molecule has 3 heterocycles. The Balaban J connectivity index is 1.41. The van der Waals surface area contributed by atoms with Crippen LogP contribution < -0.4 is 4.74 Å². The number of piperidine rings is 2. The van der Waals surface area contributed by atoms with Crippen LogP contribution in [0.3, 0.4) is 0 Å². The molecular weight excluding hydrogens is 464 g/mol. The minimum Gasteiger partial charge on any atom is -0.495 e. The highest BCUT2D eigenvalue weighted by Gasteiger charge is 2.39. The molecule has 0 spiro atoms. The number of amides is 2. The first-order chi connectivity index (χ1) is 17.9. The monoisotopic (exact) mass is 498 g/mol. The van der Waals surface area contributed by atoms with Crippen molar-refractivity contribution in [1.82, 2.24) is 19.4 Å². The second kappa shape index (κ2) is 10.2. The van der Waals surface area contributed by atoms with Crippen molar-refractivity contribution in [2.45, 2.75) is 51.1 Å².